The highest BCUT2D eigenvalue weighted by Crippen LogP contribution is 2.31. The molecule has 4 aromatic rings. The van der Waals surface area contributed by atoms with E-state index in [2.05, 4.69) is 25.6 Å². The number of aromatic nitrogens is 3. The Morgan fingerprint density at radius 2 is 1.77 bits per heavy atom. The SMILES string of the molecule is COc1ccc(Nc2nc(Nc3cccc(-c4ncco4)c3)ncc2F)cc1OC. The molecule has 0 amide bonds. The molecule has 0 atom stereocenters. The van der Waals surface area contributed by atoms with E-state index < -0.39 is 5.82 Å². The molecule has 0 spiro atoms. The van der Waals surface area contributed by atoms with Gasteiger partial charge in [0, 0.05) is 23.0 Å². The first-order valence-corrected chi connectivity index (χ1v) is 8.95. The number of nitrogens with zero attached hydrogens (tertiary/aromatic N) is 3. The molecule has 4 rings (SSSR count). The normalized spacial score (nSPS) is 10.5. The molecule has 0 aliphatic rings. The van der Waals surface area contributed by atoms with Gasteiger partial charge in [-0.3, -0.25) is 0 Å². The molecule has 30 heavy (non-hydrogen) atoms. The number of hydrogen-bond acceptors (Lipinski definition) is 8. The van der Waals surface area contributed by atoms with Gasteiger partial charge in [0.25, 0.3) is 0 Å². The molecule has 2 aromatic carbocycles. The van der Waals surface area contributed by atoms with Crippen LogP contribution in [0.5, 0.6) is 11.5 Å². The number of oxazole rings is 1. The van der Waals surface area contributed by atoms with Crippen LogP contribution in [0.4, 0.5) is 27.5 Å². The van der Waals surface area contributed by atoms with Crippen LogP contribution in [0.15, 0.2) is 65.5 Å². The van der Waals surface area contributed by atoms with Crippen LogP contribution in [0.1, 0.15) is 0 Å². The summed E-state index contributed by atoms with van der Waals surface area (Å²) in [4.78, 5) is 12.4. The van der Waals surface area contributed by atoms with Gasteiger partial charge >= 0.3 is 0 Å². The van der Waals surface area contributed by atoms with Gasteiger partial charge in [-0.25, -0.2) is 14.4 Å². The molecule has 0 radical (unpaired) electrons. The number of hydrogen-bond donors (Lipinski definition) is 2. The van der Waals surface area contributed by atoms with Crippen molar-refractivity contribution in [3.63, 3.8) is 0 Å². The smallest absolute Gasteiger partial charge is 0.229 e. The van der Waals surface area contributed by atoms with Crippen molar-refractivity contribution in [2.24, 2.45) is 0 Å². The minimum Gasteiger partial charge on any atom is -0.493 e. The maximum absolute atomic E-state index is 14.3. The van der Waals surface area contributed by atoms with Crippen LogP contribution in [-0.2, 0) is 0 Å². The second-order valence-corrected chi connectivity index (χ2v) is 6.13. The molecular weight excluding hydrogens is 389 g/mol. The predicted octanol–water partition coefficient (Wildman–Crippen LogP) is 4.78. The lowest BCUT2D eigenvalue weighted by molar-refractivity contribution is 0.355. The molecule has 2 N–H and O–H groups in total. The Kier molecular flexibility index (Phi) is 5.42. The highest BCUT2D eigenvalue weighted by atomic mass is 19.1. The maximum atomic E-state index is 14.3. The molecule has 8 nitrogen and oxygen atoms in total. The second-order valence-electron chi connectivity index (χ2n) is 6.13. The van der Waals surface area contributed by atoms with Crippen LogP contribution in [0.25, 0.3) is 11.5 Å². The molecule has 0 aliphatic carbocycles. The zero-order valence-corrected chi connectivity index (χ0v) is 16.2. The van der Waals surface area contributed by atoms with E-state index in [1.807, 2.05) is 24.3 Å². The Hall–Kier alpha value is -4.14. The third kappa shape index (κ3) is 4.14. The third-order valence-electron chi connectivity index (χ3n) is 4.19. The Morgan fingerprint density at radius 1 is 0.933 bits per heavy atom. The number of rotatable bonds is 7. The molecular formula is C21H18FN5O3. The van der Waals surface area contributed by atoms with Gasteiger partial charge in [0.05, 0.1) is 26.6 Å². The fraction of sp³-hybridized carbons (Fsp3) is 0.0952. The molecule has 9 heteroatoms. The standard InChI is InChI=1S/C21H18FN5O3/c1-28-17-7-6-15(11-18(17)29-2)25-19-16(22)12-24-21(27-19)26-14-5-3-4-13(10-14)20-23-8-9-30-20/h3-12H,1-2H3,(H2,24,25,26,27). The monoisotopic (exact) mass is 407 g/mol. The zero-order valence-electron chi connectivity index (χ0n) is 16.2. The molecule has 0 fully saturated rings. The van der Waals surface area contributed by atoms with Crippen LogP contribution in [0, 0.1) is 5.82 Å². The summed E-state index contributed by atoms with van der Waals surface area (Å²) in [7, 11) is 3.07. The van der Waals surface area contributed by atoms with E-state index in [0.717, 1.165) is 11.8 Å². The van der Waals surface area contributed by atoms with Gasteiger partial charge in [-0.05, 0) is 30.3 Å². The topological polar surface area (TPSA) is 94.3 Å². The molecule has 0 saturated heterocycles. The minimum atomic E-state index is -0.594. The van der Waals surface area contributed by atoms with E-state index >= 15 is 0 Å². The summed E-state index contributed by atoms with van der Waals surface area (Å²) in [5, 5.41) is 5.99. The summed E-state index contributed by atoms with van der Waals surface area (Å²) in [5.74, 6) is 1.23. The van der Waals surface area contributed by atoms with Crippen molar-refractivity contribution in [1.29, 1.82) is 0 Å². The first kappa shape index (κ1) is 19.2. The first-order chi connectivity index (χ1) is 14.7. The average molecular weight is 407 g/mol. The van der Waals surface area contributed by atoms with Crippen molar-refractivity contribution in [2.75, 3.05) is 24.9 Å². The number of ether oxygens (including phenoxy) is 2. The highest BCUT2D eigenvalue weighted by molar-refractivity contribution is 5.66. The number of halogens is 1. The van der Waals surface area contributed by atoms with E-state index in [-0.39, 0.29) is 11.8 Å². The molecule has 2 aromatic heterocycles. The zero-order chi connectivity index (χ0) is 20.9. The number of benzene rings is 2. The van der Waals surface area contributed by atoms with Crippen molar-refractivity contribution in [3.8, 4) is 23.0 Å². The molecule has 0 saturated carbocycles. The van der Waals surface area contributed by atoms with Crippen molar-refractivity contribution >= 4 is 23.1 Å². The summed E-state index contributed by atoms with van der Waals surface area (Å²) in [6.07, 6.45) is 4.17. The second kappa shape index (κ2) is 8.48. The lowest BCUT2D eigenvalue weighted by Crippen LogP contribution is -2.03. The predicted molar refractivity (Wildman–Crippen MR) is 110 cm³/mol. The van der Waals surface area contributed by atoms with Crippen LogP contribution < -0.4 is 20.1 Å². The van der Waals surface area contributed by atoms with Crippen LogP contribution in [0.2, 0.25) is 0 Å². The Morgan fingerprint density at radius 3 is 2.53 bits per heavy atom. The van der Waals surface area contributed by atoms with Crippen molar-refractivity contribution < 1.29 is 18.3 Å². The van der Waals surface area contributed by atoms with Gasteiger partial charge in [-0.2, -0.15) is 4.98 Å². The number of methoxy groups -OCH3 is 2. The van der Waals surface area contributed by atoms with Crippen LogP contribution in [0.3, 0.4) is 0 Å². The third-order valence-corrected chi connectivity index (χ3v) is 4.19. The molecule has 0 aliphatic heterocycles. The number of anilines is 4. The van der Waals surface area contributed by atoms with E-state index in [4.69, 9.17) is 13.9 Å². The summed E-state index contributed by atoms with van der Waals surface area (Å²) < 4.78 is 30.1. The summed E-state index contributed by atoms with van der Waals surface area (Å²) in [5.41, 5.74) is 2.08. The Balaban J connectivity index is 1.56. The summed E-state index contributed by atoms with van der Waals surface area (Å²) in [6, 6.07) is 12.5. The lowest BCUT2D eigenvalue weighted by atomic mass is 10.2. The maximum Gasteiger partial charge on any atom is 0.229 e. The minimum absolute atomic E-state index is 0.0172. The molecule has 0 unspecified atom stereocenters. The summed E-state index contributed by atoms with van der Waals surface area (Å²) >= 11 is 0. The van der Waals surface area contributed by atoms with Gasteiger partial charge in [0.15, 0.2) is 23.1 Å². The van der Waals surface area contributed by atoms with Crippen molar-refractivity contribution in [2.45, 2.75) is 0 Å². The van der Waals surface area contributed by atoms with Crippen LogP contribution in [-0.4, -0.2) is 29.2 Å². The van der Waals surface area contributed by atoms with Crippen molar-refractivity contribution in [3.05, 3.63) is 66.9 Å². The highest BCUT2D eigenvalue weighted by Gasteiger charge is 2.11. The number of nitrogens with one attached hydrogen (secondary N) is 2. The molecule has 0 bridgehead atoms. The van der Waals surface area contributed by atoms with Crippen molar-refractivity contribution in [1.82, 2.24) is 15.0 Å². The van der Waals surface area contributed by atoms with Gasteiger partial charge in [0.1, 0.15) is 6.26 Å². The Labute approximate surface area is 171 Å². The average Bonchev–Trinajstić information content (AvgIpc) is 3.31. The van der Waals surface area contributed by atoms with Gasteiger partial charge in [-0.1, -0.05) is 6.07 Å². The lowest BCUT2D eigenvalue weighted by Gasteiger charge is -2.12. The van der Waals surface area contributed by atoms with E-state index in [1.54, 1.807) is 31.5 Å². The molecule has 152 valence electrons. The van der Waals surface area contributed by atoms with Crippen LogP contribution >= 0.6 is 0 Å². The van der Waals surface area contributed by atoms with E-state index in [0.29, 0.717) is 28.8 Å². The Bertz CT molecular complexity index is 1150. The van der Waals surface area contributed by atoms with Gasteiger partial charge < -0.3 is 24.5 Å². The fourth-order valence-corrected chi connectivity index (χ4v) is 2.79. The quantitative estimate of drug-likeness (QED) is 0.452. The fourth-order valence-electron chi connectivity index (χ4n) is 2.79. The van der Waals surface area contributed by atoms with Gasteiger partial charge in [0.2, 0.25) is 11.8 Å². The summed E-state index contributed by atoms with van der Waals surface area (Å²) in [6.45, 7) is 0. The van der Waals surface area contributed by atoms with Gasteiger partial charge in [-0.15, -0.1) is 0 Å². The van der Waals surface area contributed by atoms with E-state index in [1.165, 1.54) is 13.4 Å². The largest absolute Gasteiger partial charge is 0.493 e. The molecule has 2 heterocycles. The van der Waals surface area contributed by atoms with E-state index in [9.17, 15) is 4.39 Å². The first-order valence-electron chi connectivity index (χ1n) is 8.95.